The zero-order chi connectivity index (χ0) is 24.1. The molecule has 174 valence electrons. The van der Waals surface area contributed by atoms with Gasteiger partial charge in [-0.1, -0.05) is 71.9 Å². The molecule has 34 heavy (non-hydrogen) atoms. The SMILES string of the molecule is Cc1ccc(-c2cnc(SCC(=O)NCc3ccc(S(N)(=O)=O)cc3)n2-c2ccccc2)cc1. The van der Waals surface area contributed by atoms with Crippen LogP contribution in [0.3, 0.4) is 0 Å². The second-order valence-electron chi connectivity index (χ2n) is 7.72. The van der Waals surface area contributed by atoms with Gasteiger partial charge in [0, 0.05) is 17.8 Å². The van der Waals surface area contributed by atoms with Crippen LogP contribution in [-0.2, 0) is 21.4 Å². The van der Waals surface area contributed by atoms with Gasteiger partial charge in [-0.3, -0.25) is 9.36 Å². The number of carbonyl (C=O) groups is 1. The normalized spacial score (nSPS) is 11.4. The molecule has 0 bridgehead atoms. The maximum Gasteiger partial charge on any atom is 0.238 e. The number of amides is 1. The third-order valence-corrected chi connectivity index (χ3v) is 7.05. The fourth-order valence-corrected chi connectivity index (χ4v) is 4.71. The standard InChI is InChI=1S/C25H24N4O3S2/c1-18-7-11-20(12-8-18)23-16-28-25(29(23)21-5-3-2-4-6-21)33-17-24(30)27-15-19-9-13-22(14-10-19)34(26,31)32/h2-14,16H,15,17H2,1H3,(H,27,30)(H2,26,31,32). The first-order chi connectivity index (χ1) is 16.3. The zero-order valence-corrected chi connectivity index (χ0v) is 20.1. The molecule has 0 saturated heterocycles. The van der Waals surface area contributed by atoms with Crippen LogP contribution in [0.2, 0.25) is 0 Å². The van der Waals surface area contributed by atoms with Crippen LogP contribution >= 0.6 is 11.8 Å². The summed E-state index contributed by atoms with van der Waals surface area (Å²) in [6.07, 6.45) is 1.82. The minimum Gasteiger partial charge on any atom is -0.351 e. The van der Waals surface area contributed by atoms with Crippen molar-refractivity contribution in [1.29, 1.82) is 0 Å². The molecule has 0 aliphatic rings. The van der Waals surface area contributed by atoms with E-state index in [-0.39, 0.29) is 23.1 Å². The molecular weight excluding hydrogens is 468 g/mol. The molecule has 3 N–H and O–H groups in total. The van der Waals surface area contributed by atoms with Crippen LogP contribution in [0.5, 0.6) is 0 Å². The smallest absolute Gasteiger partial charge is 0.238 e. The molecule has 7 nitrogen and oxygen atoms in total. The number of sulfonamides is 1. The first kappa shape index (κ1) is 23.7. The van der Waals surface area contributed by atoms with Crippen molar-refractivity contribution in [2.45, 2.75) is 23.5 Å². The number of primary sulfonamides is 1. The van der Waals surface area contributed by atoms with E-state index < -0.39 is 10.0 Å². The predicted molar refractivity (Wildman–Crippen MR) is 134 cm³/mol. The zero-order valence-electron chi connectivity index (χ0n) is 18.5. The van der Waals surface area contributed by atoms with E-state index in [1.54, 1.807) is 12.1 Å². The first-order valence-corrected chi connectivity index (χ1v) is 13.1. The van der Waals surface area contributed by atoms with Crippen LogP contribution < -0.4 is 10.5 Å². The van der Waals surface area contributed by atoms with Gasteiger partial charge in [-0.2, -0.15) is 0 Å². The Balaban J connectivity index is 1.46. The van der Waals surface area contributed by atoms with Gasteiger partial charge in [-0.25, -0.2) is 18.5 Å². The Kier molecular flexibility index (Phi) is 7.16. The highest BCUT2D eigenvalue weighted by molar-refractivity contribution is 7.99. The Bertz CT molecular complexity index is 1380. The maximum atomic E-state index is 12.5. The van der Waals surface area contributed by atoms with Gasteiger partial charge in [0.2, 0.25) is 15.9 Å². The highest BCUT2D eigenvalue weighted by atomic mass is 32.2. The van der Waals surface area contributed by atoms with E-state index in [1.165, 1.54) is 29.5 Å². The minimum atomic E-state index is -3.74. The van der Waals surface area contributed by atoms with Crippen molar-refractivity contribution in [1.82, 2.24) is 14.9 Å². The lowest BCUT2D eigenvalue weighted by molar-refractivity contribution is -0.118. The van der Waals surface area contributed by atoms with E-state index in [2.05, 4.69) is 39.1 Å². The van der Waals surface area contributed by atoms with Gasteiger partial charge < -0.3 is 5.32 Å². The first-order valence-electron chi connectivity index (χ1n) is 10.5. The van der Waals surface area contributed by atoms with Crippen LogP contribution in [0.25, 0.3) is 16.9 Å². The van der Waals surface area contributed by atoms with Gasteiger partial charge >= 0.3 is 0 Å². The molecule has 0 spiro atoms. The summed E-state index contributed by atoms with van der Waals surface area (Å²) in [5.74, 6) is 0.0342. The Morgan fingerprint density at radius 2 is 1.68 bits per heavy atom. The molecular formula is C25H24N4O3S2. The number of carbonyl (C=O) groups excluding carboxylic acids is 1. The van der Waals surface area contributed by atoms with Crippen molar-refractivity contribution in [3.8, 4) is 16.9 Å². The molecule has 0 radical (unpaired) electrons. The molecule has 9 heteroatoms. The Hall–Kier alpha value is -3.40. The number of para-hydroxylation sites is 1. The Morgan fingerprint density at radius 3 is 2.32 bits per heavy atom. The number of hydrogen-bond acceptors (Lipinski definition) is 5. The van der Waals surface area contributed by atoms with E-state index in [4.69, 9.17) is 5.14 Å². The summed E-state index contributed by atoms with van der Waals surface area (Å²) < 4.78 is 24.8. The fraction of sp³-hybridized carbons (Fsp3) is 0.120. The van der Waals surface area contributed by atoms with Gasteiger partial charge in [0.1, 0.15) is 0 Å². The number of aryl methyl sites for hydroxylation is 1. The number of benzene rings is 3. The largest absolute Gasteiger partial charge is 0.351 e. The fourth-order valence-electron chi connectivity index (χ4n) is 3.37. The van der Waals surface area contributed by atoms with Gasteiger partial charge in [-0.15, -0.1) is 0 Å². The molecule has 1 aromatic heterocycles. The quantitative estimate of drug-likeness (QED) is 0.363. The third kappa shape index (κ3) is 5.74. The lowest BCUT2D eigenvalue weighted by Gasteiger charge is -2.12. The lowest BCUT2D eigenvalue weighted by Crippen LogP contribution is -2.24. The van der Waals surface area contributed by atoms with Crippen LogP contribution in [0, 0.1) is 6.92 Å². The molecule has 0 atom stereocenters. The van der Waals surface area contributed by atoms with Crippen molar-refractivity contribution in [3.05, 3.63) is 96.2 Å². The number of rotatable bonds is 8. The van der Waals surface area contributed by atoms with Crippen LogP contribution in [-0.4, -0.2) is 29.6 Å². The van der Waals surface area contributed by atoms with Crippen molar-refractivity contribution >= 4 is 27.7 Å². The Morgan fingerprint density at radius 1 is 1.00 bits per heavy atom. The predicted octanol–water partition coefficient (Wildman–Crippen LogP) is 3.90. The van der Waals surface area contributed by atoms with Gasteiger partial charge in [0.05, 0.1) is 22.5 Å². The van der Waals surface area contributed by atoms with E-state index in [9.17, 15) is 13.2 Å². The summed E-state index contributed by atoms with van der Waals surface area (Å²) in [5.41, 5.74) is 4.91. The van der Waals surface area contributed by atoms with Gasteiger partial charge in [0.25, 0.3) is 0 Å². The second kappa shape index (κ2) is 10.3. The monoisotopic (exact) mass is 492 g/mol. The third-order valence-electron chi connectivity index (χ3n) is 5.17. The molecule has 4 aromatic rings. The minimum absolute atomic E-state index is 0.0373. The summed E-state index contributed by atoms with van der Waals surface area (Å²) >= 11 is 1.35. The highest BCUT2D eigenvalue weighted by Gasteiger charge is 2.15. The number of nitrogens with zero attached hydrogens (tertiary/aromatic N) is 2. The summed E-state index contributed by atoms with van der Waals surface area (Å²) in [5, 5.41) is 8.69. The molecule has 4 rings (SSSR count). The number of nitrogens with two attached hydrogens (primary N) is 1. The number of nitrogens with one attached hydrogen (secondary N) is 1. The van der Waals surface area contributed by atoms with E-state index in [0.29, 0.717) is 0 Å². The molecule has 0 unspecified atom stereocenters. The molecule has 3 aromatic carbocycles. The number of imidazole rings is 1. The number of thioether (sulfide) groups is 1. The van der Waals surface area contributed by atoms with E-state index in [0.717, 1.165) is 27.7 Å². The average molecular weight is 493 g/mol. The highest BCUT2D eigenvalue weighted by Crippen LogP contribution is 2.30. The number of hydrogen-bond donors (Lipinski definition) is 2. The molecule has 0 aliphatic carbocycles. The topological polar surface area (TPSA) is 107 Å². The van der Waals surface area contributed by atoms with Crippen LogP contribution in [0.1, 0.15) is 11.1 Å². The van der Waals surface area contributed by atoms with E-state index >= 15 is 0 Å². The van der Waals surface area contributed by atoms with Crippen LogP contribution in [0.15, 0.2) is 95.1 Å². The molecule has 1 amide bonds. The van der Waals surface area contributed by atoms with Crippen molar-refractivity contribution in [3.63, 3.8) is 0 Å². The summed E-state index contributed by atoms with van der Waals surface area (Å²) in [6, 6.07) is 24.3. The maximum absolute atomic E-state index is 12.5. The summed E-state index contributed by atoms with van der Waals surface area (Å²) in [4.78, 5) is 17.1. The molecule has 0 saturated carbocycles. The van der Waals surface area contributed by atoms with Gasteiger partial charge in [0.15, 0.2) is 5.16 Å². The van der Waals surface area contributed by atoms with Crippen molar-refractivity contribution in [2.24, 2.45) is 5.14 Å². The van der Waals surface area contributed by atoms with Crippen molar-refractivity contribution < 1.29 is 13.2 Å². The molecule has 1 heterocycles. The second-order valence-corrected chi connectivity index (χ2v) is 10.2. The molecule has 0 fully saturated rings. The lowest BCUT2D eigenvalue weighted by atomic mass is 10.1. The number of aromatic nitrogens is 2. The summed E-state index contributed by atoms with van der Waals surface area (Å²) in [6.45, 7) is 2.33. The average Bonchev–Trinajstić information content (AvgIpc) is 3.26. The van der Waals surface area contributed by atoms with E-state index in [1.807, 2.05) is 43.5 Å². The molecule has 0 aliphatic heterocycles. The summed E-state index contributed by atoms with van der Waals surface area (Å²) in [7, 11) is -3.74. The van der Waals surface area contributed by atoms with Crippen LogP contribution in [0.4, 0.5) is 0 Å². The Labute approximate surface area is 203 Å². The van der Waals surface area contributed by atoms with Gasteiger partial charge in [-0.05, 0) is 36.8 Å². The van der Waals surface area contributed by atoms with Crippen molar-refractivity contribution in [2.75, 3.05) is 5.75 Å².